The third-order valence-electron chi connectivity index (χ3n) is 7.76. The Hall–Kier alpha value is -4.86. The van der Waals surface area contributed by atoms with E-state index in [4.69, 9.17) is 9.47 Å². The summed E-state index contributed by atoms with van der Waals surface area (Å²) in [7, 11) is -2.39. The Morgan fingerprint density at radius 2 is 1.55 bits per heavy atom. The van der Waals surface area contributed by atoms with Gasteiger partial charge in [-0.3, -0.25) is 4.57 Å². The minimum atomic E-state index is -3.98. The highest BCUT2D eigenvalue weighted by Crippen LogP contribution is 2.36. The van der Waals surface area contributed by atoms with Gasteiger partial charge in [-0.25, -0.2) is 17.5 Å². The van der Waals surface area contributed by atoms with Crippen molar-refractivity contribution in [3.05, 3.63) is 138 Å². The molecule has 1 N–H and O–H groups in total. The van der Waals surface area contributed by atoms with Gasteiger partial charge in [-0.15, -0.1) is 0 Å². The van der Waals surface area contributed by atoms with E-state index in [9.17, 15) is 18.3 Å². The normalized spacial score (nSPS) is 13.4. The fraction of sp³-hybridized carbons (Fsp3) is 0.237. The summed E-state index contributed by atoms with van der Waals surface area (Å²) in [5.41, 5.74) is 2.75. The number of aryl methyl sites for hydroxylation is 1. The Morgan fingerprint density at radius 3 is 2.19 bits per heavy atom. The number of aliphatic hydroxyl groups excluding tert-OH is 1. The highest BCUT2D eigenvalue weighted by molar-refractivity contribution is 7.93. The Kier molecular flexibility index (Phi) is 9.88. The average Bonchev–Trinajstić information content (AvgIpc) is 3.44. The van der Waals surface area contributed by atoms with Crippen LogP contribution in [0.4, 0.5) is 10.5 Å². The van der Waals surface area contributed by atoms with Gasteiger partial charge in [0.1, 0.15) is 11.4 Å². The second-order valence-corrected chi connectivity index (χ2v) is 14.2. The lowest BCUT2D eigenvalue weighted by atomic mass is 9.90. The second kappa shape index (κ2) is 13.9. The minimum absolute atomic E-state index is 0.160. The zero-order valence-electron chi connectivity index (χ0n) is 27.2. The Balaban J connectivity index is 1.55. The van der Waals surface area contributed by atoms with Crippen molar-refractivity contribution in [2.75, 3.05) is 11.4 Å². The molecule has 0 fully saturated rings. The van der Waals surface area contributed by atoms with Crippen LogP contribution in [-0.4, -0.2) is 36.9 Å². The van der Waals surface area contributed by atoms with Crippen LogP contribution in [0.15, 0.2) is 126 Å². The predicted molar refractivity (Wildman–Crippen MR) is 185 cm³/mol. The molecule has 0 aliphatic heterocycles. The molecule has 0 saturated heterocycles. The number of carbonyl (C=O) groups excluding carboxylic acids is 1. The molecular formula is C38H40N2O6S. The van der Waals surface area contributed by atoms with Crippen LogP contribution >= 0.6 is 0 Å². The molecule has 0 amide bonds. The molecular weight excluding hydrogens is 612 g/mol. The van der Waals surface area contributed by atoms with Gasteiger partial charge in [0.15, 0.2) is 0 Å². The smallest absolute Gasteiger partial charge is 0.419 e. The van der Waals surface area contributed by atoms with Crippen molar-refractivity contribution in [2.45, 2.75) is 56.6 Å². The van der Waals surface area contributed by atoms with Crippen LogP contribution < -0.4 is 9.04 Å². The van der Waals surface area contributed by atoms with Gasteiger partial charge in [0, 0.05) is 29.3 Å². The summed E-state index contributed by atoms with van der Waals surface area (Å²) >= 11 is 0. The van der Waals surface area contributed by atoms with Crippen LogP contribution in [0.1, 0.15) is 55.9 Å². The summed E-state index contributed by atoms with van der Waals surface area (Å²) in [6, 6.07) is 30.4. The molecule has 9 heteroatoms. The molecule has 2 atom stereocenters. The second-order valence-electron chi connectivity index (χ2n) is 12.4. The molecule has 244 valence electrons. The molecule has 47 heavy (non-hydrogen) atoms. The van der Waals surface area contributed by atoms with Crippen molar-refractivity contribution in [3.8, 4) is 5.75 Å². The number of rotatable bonds is 10. The monoisotopic (exact) mass is 652 g/mol. The predicted octanol–water partition coefficient (Wildman–Crippen LogP) is 8.36. The van der Waals surface area contributed by atoms with Gasteiger partial charge in [0.2, 0.25) is 0 Å². The Bertz CT molecular complexity index is 1960. The molecule has 0 bridgehead atoms. The number of carbonyl (C=O) groups is 1. The van der Waals surface area contributed by atoms with Crippen molar-refractivity contribution in [1.82, 2.24) is 4.57 Å². The maximum Gasteiger partial charge on any atom is 0.419 e. The standard InChI is InChI=1S/C38H40N2O6S/c1-27-15-21-32(22-16-27)47(43,44)40(30-11-7-6-8-12-30)24-23-29(28-17-19-31(45-5)20-18-28)25-36(41)34-26-39(37(42)46-38(2,3)4)35-14-10-9-13-33(34)35/h6-24,26,29,36,41H,25H2,1-5H3/b24-23+/t29-,36-/m0/s1. The molecule has 0 aliphatic rings. The van der Waals surface area contributed by atoms with E-state index in [1.165, 1.54) is 8.87 Å². The number of methoxy groups -OCH3 is 1. The maximum absolute atomic E-state index is 14.0. The van der Waals surface area contributed by atoms with Crippen LogP contribution in [0.5, 0.6) is 5.75 Å². The summed E-state index contributed by atoms with van der Waals surface area (Å²) in [4.78, 5) is 13.3. The minimum Gasteiger partial charge on any atom is -0.497 e. The Labute approximate surface area is 276 Å². The van der Waals surface area contributed by atoms with Gasteiger partial charge < -0.3 is 14.6 Å². The fourth-order valence-electron chi connectivity index (χ4n) is 5.36. The van der Waals surface area contributed by atoms with Crippen molar-refractivity contribution >= 4 is 32.7 Å². The van der Waals surface area contributed by atoms with Gasteiger partial charge in [-0.1, -0.05) is 72.3 Å². The summed E-state index contributed by atoms with van der Waals surface area (Å²) < 4.78 is 41.7. The number of para-hydroxylation sites is 2. The van der Waals surface area contributed by atoms with Crippen LogP contribution in [0.25, 0.3) is 10.9 Å². The zero-order valence-corrected chi connectivity index (χ0v) is 28.0. The molecule has 1 heterocycles. The SMILES string of the molecule is COc1ccc([C@@H](/C=C/N(c2ccccc2)S(=O)(=O)c2ccc(C)cc2)C[C@H](O)c2cn(C(=O)OC(C)(C)C)c3ccccc23)cc1. The third kappa shape index (κ3) is 7.76. The van der Waals surface area contributed by atoms with Crippen molar-refractivity contribution in [2.24, 2.45) is 0 Å². The molecule has 5 aromatic rings. The Morgan fingerprint density at radius 1 is 0.915 bits per heavy atom. The van der Waals surface area contributed by atoms with E-state index in [1.54, 1.807) is 94.9 Å². The van der Waals surface area contributed by atoms with Crippen molar-refractivity contribution in [3.63, 3.8) is 0 Å². The third-order valence-corrected chi connectivity index (χ3v) is 9.47. The van der Waals surface area contributed by atoms with Gasteiger partial charge in [-0.05, 0) is 82.1 Å². The number of fused-ring (bicyclic) bond motifs is 1. The van der Waals surface area contributed by atoms with Crippen molar-refractivity contribution < 1.29 is 27.8 Å². The first-order valence-corrected chi connectivity index (χ1v) is 16.8. The first kappa shape index (κ1) is 33.5. The number of sulfonamides is 1. The number of benzene rings is 4. The van der Waals surface area contributed by atoms with E-state index in [0.29, 0.717) is 22.5 Å². The van der Waals surface area contributed by atoms with E-state index in [0.717, 1.165) is 16.5 Å². The van der Waals surface area contributed by atoms with Gasteiger partial charge >= 0.3 is 6.09 Å². The van der Waals surface area contributed by atoms with E-state index < -0.39 is 33.7 Å². The van der Waals surface area contributed by atoms with Crippen LogP contribution in [0, 0.1) is 6.92 Å². The van der Waals surface area contributed by atoms with Crippen LogP contribution in [-0.2, 0) is 14.8 Å². The number of hydrogen-bond donors (Lipinski definition) is 1. The van der Waals surface area contributed by atoms with E-state index in [1.807, 2.05) is 61.5 Å². The van der Waals surface area contributed by atoms with E-state index in [-0.39, 0.29) is 11.3 Å². The maximum atomic E-state index is 14.0. The number of anilines is 1. The molecule has 0 unspecified atom stereocenters. The number of allylic oxidation sites excluding steroid dienone is 1. The number of nitrogens with zero attached hydrogens (tertiary/aromatic N) is 2. The topological polar surface area (TPSA) is 98.1 Å². The largest absolute Gasteiger partial charge is 0.497 e. The van der Waals surface area contributed by atoms with Gasteiger partial charge in [0.05, 0.1) is 29.3 Å². The molecule has 8 nitrogen and oxygen atoms in total. The molecule has 1 aromatic heterocycles. The van der Waals surface area contributed by atoms with Crippen LogP contribution in [0.3, 0.4) is 0 Å². The average molecular weight is 653 g/mol. The summed E-state index contributed by atoms with van der Waals surface area (Å²) in [6.45, 7) is 7.31. The highest BCUT2D eigenvalue weighted by Gasteiger charge is 2.27. The first-order chi connectivity index (χ1) is 22.4. The van der Waals surface area contributed by atoms with Crippen molar-refractivity contribution in [1.29, 1.82) is 0 Å². The van der Waals surface area contributed by atoms with Gasteiger partial charge in [-0.2, -0.15) is 0 Å². The zero-order chi connectivity index (χ0) is 33.8. The number of aromatic nitrogens is 1. The summed E-state index contributed by atoms with van der Waals surface area (Å²) in [5, 5.41) is 12.5. The summed E-state index contributed by atoms with van der Waals surface area (Å²) in [6.07, 6.45) is 3.60. The van der Waals surface area contributed by atoms with Crippen LogP contribution in [0.2, 0.25) is 0 Å². The molecule has 0 aliphatic carbocycles. The molecule has 5 rings (SSSR count). The summed E-state index contributed by atoms with van der Waals surface area (Å²) in [5.74, 6) is 0.240. The lowest BCUT2D eigenvalue weighted by molar-refractivity contribution is 0.0543. The molecule has 4 aromatic carbocycles. The highest BCUT2D eigenvalue weighted by atomic mass is 32.2. The number of aliphatic hydroxyl groups is 1. The first-order valence-electron chi connectivity index (χ1n) is 15.4. The lowest BCUT2D eigenvalue weighted by Gasteiger charge is -2.23. The van der Waals surface area contributed by atoms with E-state index in [2.05, 4.69) is 0 Å². The van der Waals surface area contributed by atoms with E-state index >= 15 is 0 Å². The molecule has 0 saturated carbocycles. The molecule has 0 radical (unpaired) electrons. The van der Waals surface area contributed by atoms with Gasteiger partial charge in [0.25, 0.3) is 10.0 Å². The molecule has 0 spiro atoms. The fourth-order valence-corrected chi connectivity index (χ4v) is 6.70. The quantitative estimate of drug-likeness (QED) is 0.163. The number of hydrogen-bond acceptors (Lipinski definition) is 6. The number of ether oxygens (including phenoxy) is 2. The lowest BCUT2D eigenvalue weighted by Crippen LogP contribution is -2.26.